The third-order valence-electron chi connectivity index (χ3n) is 2.48. The van der Waals surface area contributed by atoms with Gasteiger partial charge in [0.15, 0.2) is 0 Å². The quantitative estimate of drug-likeness (QED) is 0.795. The van der Waals surface area contributed by atoms with Crippen molar-refractivity contribution in [3.05, 3.63) is 51.9 Å². The summed E-state index contributed by atoms with van der Waals surface area (Å²) in [6.45, 7) is 1.90. The molecule has 1 aromatic heterocycles. The molecule has 0 atom stereocenters. The van der Waals surface area contributed by atoms with Crippen molar-refractivity contribution in [2.75, 3.05) is 0 Å². The lowest BCUT2D eigenvalue weighted by atomic mass is 10.2. The zero-order valence-corrected chi connectivity index (χ0v) is 10.2. The van der Waals surface area contributed by atoms with Gasteiger partial charge >= 0.3 is 0 Å². The molecule has 2 rings (SSSR count). The lowest BCUT2D eigenvalue weighted by Crippen LogP contribution is -2.22. The van der Waals surface area contributed by atoms with Crippen molar-refractivity contribution in [1.29, 1.82) is 0 Å². The number of hydrogen-bond acceptors (Lipinski definition) is 4. The first-order valence-corrected chi connectivity index (χ1v) is 5.76. The maximum atomic E-state index is 11.8. The Bertz CT molecular complexity index is 608. The van der Waals surface area contributed by atoms with E-state index in [1.807, 2.05) is 31.2 Å². The molecule has 0 amide bonds. The van der Waals surface area contributed by atoms with Gasteiger partial charge in [-0.15, -0.1) is 0 Å². The first kappa shape index (κ1) is 11.7. The lowest BCUT2D eigenvalue weighted by molar-refractivity contribution is 0.460. The van der Waals surface area contributed by atoms with Gasteiger partial charge in [-0.1, -0.05) is 18.2 Å². The van der Waals surface area contributed by atoms with E-state index in [9.17, 15) is 9.90 Å². The molecule has 17 heavy (non-hydrogen) atoms. The van der Waals surface area contributed by atoms with Crippen LogP contribution in [0.4, 0.5) is 0 Å². The van der Waals surface area contributed by atoms with Crippen LogP contribution in [0.3, 0.4) is 0 Å². The van der Waals surface area contributed by atoms with Crippen molar-refractivity contribution in [2.45, 2.75) is 12.7 Å². The molecule has 0 spiro atoms. The summed E-state index contributed by atoms with van der Waals surface area (Å²) < 4.78 is 1.28. The monoisotopic (exact) mass is 248 g/mol. The molecule has 0 unspecified atom stereocenters. The number of aromatic hydroxyl groups is 1. The Labute approximate surface area is 104 Å². The number of para-hydroxylation sites is 1. The van der Waals surface area contributed by atoms with Gasteiger partial charge in [-0.05, 0) is 18.6 Å². The van der Waals surface area contributed by atoms with Crippen LogP contribution in [0.2, 0.25) is 0 Å². The van der Waals surface area contributed by atoms with E-state index in [1.54, 1.807) is 0 Å². The summed E-state index contributed by atoms with van der Waals surface area (Å²) in [4.78, 5) is 11.8. The van der Waals surface area contributed by atoms with Gasteiger partial charge in [0, 0.05) is 11.8 Å². The van der Waals surface area contributed by atoms with Crippen molar-refractivity contribution >= 4 is 12.6 Å². The molecule has 0 aliphatic rings. The number of hydrogen-bond donors (Lipinski definition) is 2. The second-order valence-corrected chi connectivity index (χ2v) is 3.99. The second-order valence-electron chi connectivity index (χ2n) is 3.67. The fourth-order valence-electron chi connectivity index (χ4n) is 1.57. The Balaban J connectivity index is 2.68. The average molecular weight is 248 g/mol. The minimum absolute atomic E-state index is 0.116. The molecule has 1 heterocycles. The lowest BCUT2D eigenvalue weighted by Gasteiger charge is -2.09. The van der Waals surface area contributed by atoms with Gasteiger partial charge in [-0.2, -0.15) is 22.4 Å². The molecule has 2 aromatic rings. The molecular formula is C12H12N2O2S. The molecule has 1 N–H and O–H groups in total. The summed E-state index contributed by atoms with van der Waals surface area (Å²) in [5.41, 5.74) is 1.68. The van der Waals surface area contributed by atoms with Crippen LogP contribution in [0.15, 0.2) is 35.1 Å². The fraction of sp³-hybridized carbons (Fsp3) is 0.167. The molecule has 0 radical (unpaired) electrons. The Morgan fingerprint density at radius 3 is 2.76 bits per heavy atom. The SMILES string of the molecule is Cc1ccccc1-n1nc(CS)c(O)cc1=O. The summed E-state index contributed by atoms with van der Waals surface area (Å²) in [5.74, 6) is 0.160. The highest BCUT2D eigenvalue weighted by Gasteiger charge is 2.09. The summed E-state index contributed by atoms with van der Waals surface area (Å²) in [6.07, 6.45) is 0. The Hall–Kier alpha value is -1.75. The molecule has 88 valence electrons. The van der Waals surface area contributed by atoms with Crippen molar-refractivity contribution < 1.29 is 5.11 Å². The van der Waals surface area contributed by atoms with E-state index in [4.69, 9.17) is 0 Å². The average Bonchev–Trinajstić information content (AvgIpc) is 2.31. The van der Waals surface area contributed by atoms with E-state index in [1.165, 1.54) is 4.68 Å². The van der Waals surface area contributed by atoms with Crippen LogP contribution in [-0.4, -0.2) is 14.9 Å². The van der Waals surface area contributed by atoms with E-state index < -0.39 is 0 Å². The molecule has 0 saturated carbocycles. The fourth-order valence-corrected chi connectivity index (χ4v) is 1.79. The smallest absolute Gasteiger partial charge is 0.275 e. The first-order valence-electron chi connectivity index (χ1n) is 5.12. The van der Waals surface area contributed by atoms with E-state index >= 15 is 0 Å². The van der Waals surface area contributed by atoms with E-state index in [0.29, 0.717) is 11.4 Å². The highest BCUT2D eigenvalue weighted by atomic mass is 32.1. The molecule has 0 bridgehead atoms. The van der Waals surface area contributed by atoms with Crippen LogP contribution in [0.1, 0.15) is 11.3 Å². The van der Waals surface area contributed by atoms with E-state index in [-0.39, 0.29) is 17.1 Å². The van der Waals surface area contributed by atoms with Crippen molar-refractivity contribution in [1.82, 2.24) is 9.78 Å². The van der Waals surface area contributed by atoms with Gasteiger partial charge in [0.05, 0.1) is 5.69 Å². The van der Waals surface area contributed by atoms with Crippen LogP contribution in [0, 0.1) is 6.92 Å². The number of nitrogens with zero attached hydrogens (tertiary/aromatic N) is 2. The number of thiol groups is 1. The van der Waals surface area contributed by atoms with Crippen LogP contribution in [-0.2, 0) is 5.75 Å². The largest absolute Gasteiger partial charge is 0.506 e. The first-order chi connectivity index (χ1) is 8.13. The molecule has 1 aromatic carbocycles. The number of benzene rings is 1. The summed E-state index contributed by atoms with van der Waals surface area (Å²) in [6, 6.07) is 8.60. The van der Waals surface area contributed by atoms with Crippen molar-refractivity contribution in [2.24, 2.45) is 0 Å². The molecule has 0 saturated heterocycles. The van der Waals surface area contributed by atoms with Gasteiger partial charge in [0.1, 0.15) is 11.4 Å². The highest BCUT2D eigenvalue weighted by molar-refractivity contribution is 7.79. The van der Waals surface area contributed by atoms with Crippen LogP contribution < -0.4 is 5.56 Å². The highest BCUT2D eigenvalue weighted by Crippen LogP contribution is 2.15. The topological polar surface area (TPSA) is 55.1 Å². The van der Waals surface area contributed by atoms with Gasteiger partial charge < -0.3 is 5.11 Å². The zero-order valence-electron chi connectivity index (χ0n) is 9.29. The maximum Gasteiger partial charge on any atom is 0.275 e. The third-order valence-corrected chi connectivity index (χ3v) is 2.78. The zero-order chi connectivity index (χ0) is 12.4. The number of aromatic nitrogens is 2. The van der Waals surface area contributed by atoms with Crippen LogP contribution >= 0.6 is 12.6 Å². The molecular weight excluding hydrogens is 236 g/mol. The minimum atomic E-state index is -0.359. The van der Waals surface area contributed by atoms with Gasteiger partial charge in [-0.25, -0.2) is 0 Å². The Morgan fingerprint density at radius 2 is 2.12 bits per heavy atom. The predicted molar refractivity (Wildman–Crippen MR) is 68.9 cm³/mol. The Kier molecular flexibility index (Phi) is 3.19. The van der Waals surface area contributed by atoms with Crippen molar-refractivity contribution in [3.8, 4) is 11.4 Å². The second kappa shape index (κ2) is 4.63. The summed E-state index contributed by atoms with van der Waals surface area (Å²) >= 11 is 4.06. The number of aryl methyl sites for hydroxylation is 1. The molecule has 0 aliphatic carbocycles. The minimum Gasteiger partial charge on any atom is -0.506 e. The van der Waals surface area contributed by atoms with Gasteiger partial charge in [0.2, 0.25) is 0 Å². The van der Waals surface area contributed by atoms with Crippen LogP contribution in [0.5, 0.6) is 5.75 Å². The van der Waals surface area contributed by atoms with Gasteiger partial charge in [-0.3, -0.25) is 4.79 Å². The molecule has 0 fully saturated rings. The third kappa shape index (κ3) is 2.19. The summed E-state index contributed by atoms with van der Waals surface area (Å²) in [5, 5.41) is 13.6. The van der Waals surface area contributed by atoms with Crippen LogP contribution in [0.25, 0.3) is 5.69 Å². The van der Waals surface area contributed by atoms with Crippen molar-refractivity contribution in [3.63, 3.8) is 0 Å². The number of rotatable bonds is 2. The van der Waals surface area contributed by atoms with Gasteiger partial charge in [0.25, 0.3) is 5.56 Å². The molecule has 4 nitrogen and oxygen atoms in total. The Morgan fingerprint density at radius 1 is 1.41 bits per heavy atom. The molecule has 0 aliphatic heterocycles. The maximum absolute atomic E-state index is 11.8. The molecule has 5 heteroatoms. The standard InChI is InChI=1S/C12H12N2O2S/c1-8-4-2-3-5-10(8)14-12(16)6-11(15)9(7-17)13-14/h2-6,15,17H,7H2,1H3. The van der Waals surface area contributed by atoms with E-state index in [2.05, 4.69) is 17.7 Å². The predicted octanol–water partition coefficient (Wildman–Crippen LogP) is 1.68. The normalized spacial score (nSPS) is 10.5. The van der Waals surface area contributed by atoms with E-state index in [0.717, 1.165) is 11.6 Å². The summed E-state index contributed by atoms with van der Waals surface area (Å²) in [7, 11) is 0.